The minimum Gasteiger partial charge on any atom is -0.354 e. The molecule has 0 aromatic heterocycles. The molecular weight excluding hydrogens is 266 g/mol. The predicted molar refractivity (Wildman–Crippen MR) is 82.1 cm³/mol. The number of nitrogens with one attached hydrogen (secondary N) is 2. The van der Waals surface area contributed by atoms with Gasteiger partial charge in [0.25, 0.3) is 0 Å². The van der Waals surface area contributed by atoms with Crippen molar-refractivity contribution in [3.63, 3.8) is 0 Å². The maximum Gasteiger partial charge on any atom is 0.317 e. The van der Waals surface area contributed by atoms with E-state index in [0.717, 1.165) is 5.56 Å². The number of nitrogens with zero attached hydrogens (tertiary/aromatic N) is 1. The smallest absolute Gasteiger partial charge is 0.317 e. The van der Waals surface area contributed by atoms with Crippen LogP contribution in [-0.4, -0.2) is 43.0 Å². The van der Waals surface area contributed by atoms with Gasteiger partial charge in [0, 0.05) is 32.6 Å². The van der Waals surface area contributed by atoms with Gasteiger partial charge in [-0.1, -0.05) is 44.2 Å². The number of hydrogen-bond acceptors (Lipinski definition) is 2. The third-order valence-corrected chi connectivity index (χ3v) is 3.81. The van der Waals surface area contributed by atoms with Gasteiger partial charge in [-0.2, -0.15) is 0 Å². The summed E-state index contributed by atoms with van der Waals surface area (Å²) in [4.78, 5) is 25.1. The number of urea groups is 1. The molecule has 0 unspecified atom stereocenters. The summed E-state index contributed by atoms with van der Waals surface area (Å²) in [6.07, 6.45) is 0.434. The van der Waals surface area contributed by atoms with Crippen LogP contribution < -0.4 is 10.6 Å². The van der Waals surface area contributed by atoms with Gasteiger partial charge in [0.15, 0.2) is 0 Å². The molecule has 0 aliphatic carbocycles. The Morgan fingerprint density at radius 2 is 2.05 bits per heavy atom. The van der Waals surface area contributed by atoms with Crippen LogP contribution in [0.5, 0.6) is 0 Å². The van der Waals surface area contributed by atoms with Gasteiger partial charge in [-0.15, -0.1) is 0 Å². The molecule has 1 aliphatic heterocycles. The molecule has 2 N–H and O–H groups in total. The van der Waals surface area contributed by atoms with E-state index in [0.29, 0.717) is 32.6 Å². The summed E-state index contributed by atoms with van der Waals surface area (Å²) in [7, 11) is 0. The topological polar surface area (TPSA) is 61.4 Å². The van der Waals surface area contributed by atoms with Crippen LogP contribution in [0.3, 0.4) is 0 Å². The first kappa shape index (κ1) is 15.4. The van der Waals surface area contributed by atoms with E-state index in [1.165, 1.54) is 0 Å². The van der Waals surface area contributed by atoms with Crippen molar-refractivity contribution in [3.05, 3.63) is 35.9 Å². The molecule has 1 aromatic rings. The van der Waals surface area contributed by atoms with Gasteiger partial charge in [0.05, 0.1) is 0 Å². The molecule has 0 atom stereocenters. The van der Waals surface area contributed by atoms with Crippen molar-refractivity contribution >= 4 is 11.9 Å². The van der Waals surface area contributed by atoms with Gasteiger partial charge in [-0.3, -0.25) is 4.79 Å². The highest BCUT2D eigenvalue weighted by molar-refractivity contribution is 5.78. The lowest BCUT2D eigenvalue weighted by atomic mass is 9.81. The van der Waals surface area contributed by atoms with Gasteiger partial charge in [-0.05, 0) is 11.0 Å². The minimum absolute atomic E-state index is 0.0171. The van der Waals surface area contributed by atoms with Gasteiger partial charge < -0.3 is 15.5 Å². The molecule has 114 valence electrons. The molecule has 1 aliphatic rings. The average Bonchev–Trinajstić information content (AvgIpc) is 2.85. The van der Waals surface area contributed by atoms with Crippen LogP contribution in [0.2, 0.25) is 0 Å². The number of benzene rings is 1. The van der Waals surface area contributed by atoms with E-state index in [1.54, 1.807) is 4.90 Å². The van der Waals surface area contributed by atoms with Gasteiger partial charge >= 0.3 is 6.03 Å². The molecule has 0 spiro atoms. The van der Waals surface area contributed by atoms with Crippen molar-refractivity contribution in [1.29, 1.82) is 0 Å². The van der Waals surface area contributed by atoms with E-state index in [1.807, 2.05) is 30.3 Å². The zero-order valence-corrected chi connectivity index (χ0v) is 12.7. The normalized spacial score (nSPS) is 15.0. The third-order valence-electron chi connectivity index (χ3n) is 3.81. The van der Waals surface area contributed by atoms with E-state index < -0.39 is 0 Å². The number of amides is 3. The summed E-state index contributed by atoms with van der Waals surface area (Å²) in [6.45, 7) is 6.59. The monoisotopic (exact) mass is 289 g/mol. The summed E-state index contributed by atoms with van der Waals surface area (Å²) >= 11 is 0. The van der Waals surface area contributed by atoms with Crippen molar-refractivity contribution in [2.45, 2.75) is 25.7 Å². The second-order valence-electron chi connectivity index (χ2n) is 6.00. The van der Waals surface area contributed by atoms with Crippen LogP contribution in [0.25, 0.3) is 0 Å². The Bertz CT molecular complexity index is 500. The van der Waals surface area contributed by atoms with Crippen molar-refractivity contribution in [2.75, 3.05) is 26.2 Å². The summed E-state index contributed by atoms with van der Waals surface area (Å²) in [5.41, 5.74) is 0.954. The highest BCUT2D eigenvalue weighted by atomic mass is 16.2. The highest BCUT2D eigenvalue weighted by Crippen LogP contribution is 2.26. The zero-order chi connectivity index (χ0) is 15.3. The third kappa shape index (κ3) is 4.21. The maximum absolute atomic E-state index is 12.1. The van der Waals surface area contributed by atoms with Crippen LogP contribution in [0.1, 0.15) is 25.8 Å². The standard InChI is InChI=1S/C16H23N3O2/c1-16(2,13-6-4-3-5-7-13)12-14(20)17-8-10-19-11-9-18-15(19)21/h3-7H,8-12H2,1-2H3,(H,17,20)(H,18,21). The van der Waals surface area contributed by atoms with Crippen LogP contribution in [0.4, 0.5) is 4.79 Å². The predicted octanol–water partition coefficient (Wildman–Crippen LogP) is 1.50. The quantitative estimate of drug-likeness (QED) is 0.833. The second-order valence-corrected chi connectivity index (χ2v) is 6.00. The zero-order valence-electron chi connectivity index (χ0n) is 12.7. The van der Waals surface area contributed by atoms with Crippen LogP contribution in [0.15, 0.2) is 30.3 Å². The van der Waals surface area contributed by atoms with E-state index in [9.17, 15) is 9.59 Å². The summed E-state index contributed by atoms with van der Waals surface area (Å²) in [5, 5.41) is 5.64. The largest absolute Gasteiger partial charge is 0.354 e. The van der Waals surface area contributed by atoms with Gasteiger partial charge in [-0.25, -0.2) is 4.79 Å². The van der Waals surface area contributed by atoms with Gasteiger partial charge in [0.2, 0.25) is 5.91 Å². The second kappa shape index (κ2) is 6.61. The van der Waals surface area contributed by atoms with Crippen molar-refractivity contribution in [2.24, 2.45) is 0 Å². The molecule has 1 saturated heterocycles. The molecule has 0 bridgehead atoms. The lowest BCUT2D eigenvalue weighted by molar-refractivity contribution is -0.122. The summed E-state index contributed by atoms with van der Waals surface area (Å²) in [6, 6.07) is 9.99. The van der Waals surface area contributed by atoms with E-state index in [2.05, 4.69) is 24.5 Å². The van der Waals surface area contributed by atoms with Crippen molar-refractivity contribution in [3.8, 4) is 0 Å². The van der Waals surface area contributed by atoms with E-state index in [4.69, 9.17) is 0 Å². The van der Waals surface area contributed by atoms with Crippen LogP contribution in [-0.2, 0) is 10.2 Å². The first-order valence-corrected chi connectivity index (χ1v) is 7.34. The fraction of sp³-hybridized carbons (Fsp3) is 0.500. The Kier molecular flexibility index (Phi) is 4.83. The fourth-order valence-electron chi connectivity index (χ4n) is 2.51. The molecule has 5 heteroatoms. The number of carbonyl (C=O) groups excluding carboxylic acids is 2. The maximum atomic E-state index is 12.1. The van der Waals surface area contributed by atoms with Gasteiger partial charge in [0.1, 0.15) is 0 Å². The average molecular weight is 289 g/mol. The first-order valence-electron chi connectivity index (χ1n) is 7.34. The molecule has 21 heavy (non-hydrogen) atoms. The Morgan fingerprint density at radius 3 is 2.67 bits per heavy atom. The molecule has 0 radical (unpaired) electrons. The number of rotatable bonds is 6. The Balaban J connectivity index is 1.77. The molecule has 1 aromatic carbocycles. The summed E-state index contributed by atoms with van der Waals surface area (Å²) in [5.74, 6) is 0.0171. The van der Waals surface area contributed by atoms with Crippen molar-refractivity contribution < 1.29 is 9.59 Å². The molecular formula is C16H23N3O2. The van der Waals surface area contributed by atoms with Crippen LogP contribution >= 0.6 is 0 Å². The lowest BCUT2D eigenvalue weighted by Gasteiger charge is -2.25. The van der Waals surface area contributed by atoms with Crippen LogP contribution in [0, 0.1) is 0 Å². The molecule has 3 amide bonds. The van der Waals surface area contributed by atoms with E-state index >= 15 is 0 Å². The lowest BCUT2D eigenvalue weighted by Crippen LogP contribution is -2.38. The number of carbonyl (C=O) groups is 2. The molecule has 5 nitrogen and oxygen atoms in total. The first-order chi connectivity index (χ1) is 9.99. The molecule has 2 rings (SSSR count). The number of hydrogen-bond donors (Lipinski definition) is 2. The summed E-state index contributed by atoms with van der Waals surface area (Å²) < 4.78 is 0. The Hall–Kier alpha value is -2.04. The molecule has 1 fully saturated rings. The highest BCUT2D eigenvalue weighted by Gasteiger charge is 2.24. The SMILES string of the molecule is CC(C)(CC(=O)NCCN1CCNC1=O)c1ccccc1. The molecule has 0 saturated carbocycles. The molecule has 1 heterocycles. The fourth-order valence-corrected chi connectivity index (χ4v) is 2.51. The Morgan fingerprint density at radius 1 is 1.33 bits per heavy atom. The van der Waals surface area contributed by atoms with E-state index in [-0.39, 0.29) is 17.4 Å². The van der Waals surface area contributed by atoms with Crippen molar-refractivity contribution in [1.82, 2.24) is 15.5 Å². The minimum atomic E-state index is -0.198. The Labute approximate surface area is 125 Å².